The minimum absolute atomic E-state index is 0.102. The summed E-state index contributed by atoms with van der Waals surface area (Å²) in [5.41, 5.74) is 1.91. The predicted octanol–water partition coefficient (Wildman–Crippen LogP) is 1.19. The Labute approximate surface area is 205 Å². The van der Waals surface area contributed by atoms with Crippen molar-refractivity contribution in [3.05, 3.63) is 29.3 Å². The Hall–Kier alpha value is -3.08. The zero-order chi connectivity index (χ0) is 25.5. The number of rotatable bonds is 7. The van der Waals surface area contributed by atoms with Gasteiger partial charge in [-0.05, 0) is 31.2 Å². The molecule has 2 amide bonds. The Balaban J connectivity index is 1.51. The van der Waals surface area contributed by atoms with Gasteiger partial charge in [-0.25, -0.2) is 14.6 Å². The van der Waals surface area contributed by atoms with Gasteiger partial charge in [-0.3, -0.25) is 9.59 Å². The first kappa shape index (κ1) is 25.0. The predicted molar refractivity (Wildman–Crippen MR) is 130 cm³/mol. The van der Waals surface area contributed by atoms with Crippen LogP contribution in [0.5, 0.6) is 0 Å². The number of hydrogen-bond acceptors (Lipinski definition) is 8. The third-order valence-electron chi connectivity index (χ3n) is 6.45. The number of aromatic nitrogens is 5. The second-order valence-electron chi connectivity index (χ2n) is 11.0. The molecule has 190 valence electrons. The SMILES string of the molecule is Cc1cc(CNC(=O)[C@@H]2C[C@@H](O)CN2C(=O)[C@@H](n2cc(C3CC3)nn2)C(C)(C)C)nc(N(C)C)n1. The van der Waals surface area contributed by atoms with E-state index in [9.17, 15) is 14.7 Å². The van der Waals surface area contributed by atoms with Gasteiger partial charge in [0.1, 0.15) is 12.1 Å². The van der Waals surface area contributed by atoms with Gasteiger partial charge < -0.3 is 20.2 Å². The number of β-amino-alcohol motifs (C(OH)–C–C–N with tert-alkyl or cyclic N) is 1. The summed E-state index contributed by atoms with van der Waals surface area (Å²) in [6.45, 7) is 8.08. The molecule has 2 aliphatic rings. The molecule has 0 aromatic carbocycles. The molecule has 0 spiro atoms. The van der Waals surface area contributed by atoms with Gasteiger partial charge in [0.25, 0.3) is 0 Å². The molecule has 11 nitrogen and oxygen atoms in total. The molecule has 4 rings (SSSR count). The van der Waals surface area contributed by atoms with Crippen molar-refractivity contribution in [2.45, 2.75) is 77.6 Å². The Morgan fingerprint density at radius 3 is 2.60 bits per heavy atom. The molecule has 3 heterocycles. The Kier molecular flexibility index (Phi) is 6.81. The Morgan fingerprint density at radius 2 is 1.97 bits per heavy atom. The monoisotopic (exact) mass is 484 g/mol. The first-order valence-electron chi connectivity index (χ1n) is 12.1. The highest BCUT2D eigenvalue weighted by molar-refractivity contribution is 5.90. The summed E-state index contributed by atoms with van der Waals surface area (Å²) in [6.07, 6.45) is 3.46. The Morgan fingerprint density at radius 1 is 1.26 bits per heavy atom. The van der Waals surface area contributed by atoms with Crippen LogP contribution in [0.25, 0.3) is 0 Å². The lowest BCUT2D eigenvalue weighted by Crippen LogP contribution is -2.50. The van der Waals surface area contributed by atoms with Gasteiger partial charge in [0.2, 0.25) is 17.8 Å². The fourth-order valence-electron chi connectivity index (χ4n) is 4.53. The smallest absolute Gasteiger partial charge is 0.248 e. The van der Waals surface area contributed by atoms with Crippen LogP contribution < -0.4 is 10.2 Å². The molecule has 0 radical (unpaired) electrons. The third kappa shape index (κ3) is 5.61. The third-order valence-corrected chi connectivity index (χ3v) is 6.45. The average Bonchev–Trinajstić information content (AvgIpc) is 3.38. The lowest BCUT2D eigenvalue weighted by Gasteiger charge is -2.34. The van der Waals surface area contributed by atoms with Gasteiger partial charge in [0, 0.05) is 44.9 Å². The number of hydrogen-bond donors (Lipinski definition) is 2. The van der Waals surface area contributed by atoms with Gasteiger partial charge in [-0.15, -0.1) is 5.10 Å². The minimum Gasteiger partial charge on any atom is -0.391 e. The number of aliphatic hydroxyl groups is 1. The lowest BCUT2D eigenvalue weighted by atomic mass is 9.85. The molecule has 1 saturated heterocycles. The van der Waals surface area contributed by atoms with Gasteiger partial charge in [-0.1, -0.05) is 26.0 Å². The maximum absolute atomic E-state index is 13.8. The highest BCUT2D eigenvalue weighted by atomic mass is 16.3. The summed E-state index contributed by atoms with van der Waals surface area (Å²) in [5.74, 6) is 0.426. The van der Waals surface area contributed by atoms with Crippen LogP contribution in [0, 0.1) is 12.3 Å². The number of carbonyl (C=O) groups excluding carboxylic acids is 2. The maximum atomic E-state index is 13.8. The molecule has 2 N–H and O–H groups in total. The normalized spacial score (nSPS) is 21.2. The maximum Gasteiger partial charge on any atom is 0.248 e. The van der Waals surface area contributed by atoms with Crippen LogP contribution >= 0.6 is 0 Å². The van der Waals surface area contributed by atoms with Crippen molar-refractivity contribution in [3.8, 4) is 0 Å². The highest BCUT2D eigenvalue weighted by Gasteiger charge is 2.45. The first-order valence-corrected chi connectivity index (χ1v) is 12.1. The molecule has 2 aromatic rings. The molecule has 11 heteroatoms. The van der Waals surface area contributed by atoms with E-state index >= 15 is 0 Å². The summed E-state index contributed by atoms with van der Waals surface area (Å²) in [6, 6.07) is 0.401. The van der Waals surface area contributed by atoms with Crippen LogP contribution in [0.2, 0.25) is 0 Å². The second kappa shape index (κ2) is 9.52. The molecule has 1 saturated carbocycles. The topological polar surface area (TPSA) is 129 Å². The molecule has 35 heavy (non-hydrogen) atoms. The number of aliphatic hydroxyl groups excluding tert-OH is 1. The van der Waals surface area contributed by atoms with E-state index in [1.807, 2.05) is 54.1 Å². The highest BCUT2D eigenvalue weighted by Crippen LogP contribution is 2.40. The van der Waals surface area contributed by atoms with Crippen LogP contribution in [0.4, 0.5) is 5.95 Å². The number of likely N-dealkylation sites (tertiary alicyclic amines) is 1. The van der Waals surface area contributed by atoms with E-state index in [-0.39, 0.29) is 31.3 Å². The molecular weight excluding hydrogens is 448 g/mol. The van der Waals surface area contributed by atoms with Gasteiger partial charge in [0.05, 0.1) is 24.0 Å². The second-order valence-corrected chi connectivity index (χ2v) is 11.0. The quantitative estimate of drug-likeness (QED) is 0.599. The molecule has 1 aliphatic carbocycles. The van der Waals surface area contributed by atoms with E-state index in [0.29, 0.717) is 17.6 Å². The summed E-state index contributed by atoms with van der Waals surface area (Å²) >= 11 is 0. The molecule has 0 bridgehead atoms. The van der Waals surface area contributed by atoms with Gasteiger partial charge in [-0.2, -0.15) is 0 Å². The van der Waals surface area contributed by atoms with Crippen molar-refractivity contribution in [1.29, 1.82) is 0 Å². The van der Waals surface area contributed by atoms with E-state index in [1.54, 1.807) is 9.58 Å². The number of anilines is 1. The molecule has 2 aromatic heterocycles. The van der Waals surface area contributed by atoms with Crippen molar-refractivity contribution in [2.75, 3.05) is 25.5 Å². The fourth-order valence-corrected chi connectivity index (χ4v) is 4.53. The van der Waals surface area contributed by atoms with E-state index in [0.717, 1.165) is 24.2 Å². The number of carbonyl (C=O) groups is 2. The van der Waals surface area contributed by atoms with Crippen LogP contribution in [-0.2, 0) is 16.1 Å². The molecule has 2 fully saturated rings. The number of nitrogens with one attached hydrogen (secondary N) is 1. The zero-order valence-corrected chi connectivity index (χ0v) is 21.4. The van der Waals surface area contributed by atoms with Crippen molar-refractivity contribution >= 4 is 17.8 Å². The van der Waals surface area contributed by atoms with E-state index < -0.39 is 23.6 Å². The van der Waals surface area contributed by atoms with Crippen molar-refractivity contribution in [2.24, 2.45) is 5.41 Å². The van der Waals surface area contributed by atoms with Gasteiger partial charge >= 0.3 is 0 Å². The largest absolute Gasteiger partial charge is 0.391 e. The Bertz CT molecular complexity index is 1090. The summed E-state index contributed by atoms with van der Waals surface area (Å²) in [5, 5.41) is 21.8. The van der Waals surface area contributed by atoms with Crippen LogP contribution in [-0.4, -0.2) is 79.6 Å². The molecule has 3 atom stereocenters. The van der Waals surface area contributed by atoms with E-state index in [4.69, 9.17) is 0 Å². The fraction of sp³-hybridized carbons (Fsp3) is 0.667. The average molecular weight is 485 g/mol. The van der Waals surface area contributed by atoms with Crippen LogP contribution in [0.3, 0.4) is 0 Å². The lowest BCUT2D eigenvalue weighted by molar-refractivity contribution is -0.144. The van der Waals surface area contributed by atoms with Crippen molar-refractivity contribution in [3.63, 3.8) is 0 Å². The first-order chi connectivity index (χ1) is 16.4. The van der Waals surface area contributed by atoms with Gasteiger partial charge in [0.15, 0.2) is 0 Å². The van der Waals surface area contributed by atoms with Crippen LogP contribution in [0.15, 0.2) is 12.3 Å². The van der Waals surface area contributed by atoms with Crippen molar-refractivity contribution < 1.29 is 14.7 Å². The minimum atomic E-state index is -0.773. The van der Waals surface area contributed by atoms with Crippen molar-refractivity contribution in [1.82, 2.24) is 35.2 Å². The molecular formula is C24H36N8O3. The van der Waals surface area contributed by atoms with E-state index in [1.165, 1.54) is 4.90 Å². The number of amides is 2. The summed E-state index contributed by atoms with van der Waals surface area (Å²) in [4.78, 5) is 39.1. The zero-order valence-electron chi connectivity index (χ0n) is 21.4. The summed E-state index contributed by atoms with van der Waals surface area (Å²) < 4.78 is 1.63. The standard InChI is InChI=1S/C24H36N8O3/c1-14-9-16(27-23(26-14)30(5)6)11-25-21(34)19-10-17(33)12-31(19)22(35)20(24(2,3)4)32-13-18(28-29-32)15-7-8-15/h9,13,15,17,19-20,33H,7-8,10-12H2,1-6H3,(H,25,34)/t17-,19+,20-/m1/s1. The number of nitrogens with zero attached hydrogens (tertiary/aromatic N) is 7. The van der Waals surface area contributed by atoms with Crippen LogP contribution in [0.1, 0.15) is 69.1 Å². The summed E-state index contributed by atoms with van der Waals surface area (Å²) in [7, 11) is 3.71. The molecule has 0 unspecified atom stereocenters. The van der Waals surface area contributed by atoms with E-state index in [2.05, 4.69) is 25.6 Å². The molecule has 1 aliphatic heterocycles. The number of aryl methyl sites for hydroxylation is 1.